The SMILES string of the molecule is O=C(O)[C@H]1CN(C(=O)C2COCCO2)C[C@@H]1C1CC1. The molecule has 0 spiro atoms. The number of hydrogen-bond donors (Lipinski definition) is 1. The van der Waals surface area contributed by atoms with Crippen molar-refractivity contribution in [2.24, 2.45) is 17.8 Å². The monoisotopic (exact) mass is 269 g/mol. The van der Waals surface area contributed by atoms with E-state index < -0.39 is 18.0 Å². The molecule has 1 N–H and O–H groups in total. The van der Waals surface area contributed by atoms with E-state index in [0.29, 0.717) is 32.2 Å². The lowest BCUT2D eigenvalue weighted by Gasteiger charge is -2.26. The van der Waals surface area contributed by atoms with Crippen molar-refractivity contribution in [2.75, 3.05) is 32.9 Å². The van der Waals surface area contributed by atoms with Crippen LogP contribution in [0.4, 0.5) is 0 Å². The van der Waals surface area contributed by atoms with Gasteiger partial charge in [0.15, 0.2) is 6.10 Å². The van der Waals surface area contributed by atoms with Crippen molar-refractivity contribution in [3.63, 3.8) is 0 Å². The average molecular weight is 269 g/mol. The third-order valence-corrected chi connectivity index (χ3v) is 4.31. The maximum atomic E-state index is 12.3. The van der Waals surface area contributed by atoms with Crippen LogP contribution in [0.2, 0.25) is 0 Å². The highest BCUT2D eigenvalue weighted by molar-refractivity contribution is 5.83. The molecule has 3 atom stereocenters. The summed E-state index contributed by atoms with van der Waals surface area (Å²) in [6.45, 7) is 2.10. The van der Waals surface area contributed by atoms with E-state index >= 15 is 0 Å². The molecule has 0 bridgehead atoms. The predicted molar refractivity (Wildman–Crippen MR) is 64.5 cm³/mol. The minimum absolute atomic E-state index is 0.117. The summed E-state index contributed by atoms with van der Waals surface area (Å²) in [5, 5.41) is 9.28. The van der Waals surface area contributed by atoms with Crippen molar-refractivity contribution < 1.29 is 24.2 Å². The summed E-state index contributed by atoms with van der Waals surface area (Å²) in [5.74, 6) is -0.712. The minimum atomic E-state index is -0.784. The molecule has 1 aliphatic carbocycles. The van der Waals surface area contributed by atoms with Crippen LogP contribution in [0.1, 0.15) is 12.8 Å². The third-order valence-electron chi connectivity index (χ3n) is 4.31. The standard InChI is InChI=1S/C13H19NO5/c15-12(11-7-18-3-4-19-11)14-5-9(8-1-2-8)10(6-14)13(16)17/h8-11H,1-7H2,(H,16,17)/t9-,10+,11?/m1/s1. The first-order chi connectivity index (χ1) is 9.16. The van der Waals surface area contributed by atoms with E-state index in [1.165, 1.54) is 0 Å². The van der Waals surface area contributed by atoms with Gasteiger partial charge in [0.25, 0.3) is 5.91 Å². The molecule has 2 aliphatic heterocycles. The number of rotatable bonds is 3. The molecule has 2 heterocycles. The van der Waals surface area contributed by atoms with Crippen LogP contribution < -0.4 is 0 Å². The molecule has 6 nitrogen and oxygen atoms in total. The van der Waals surface area contributed by atoms with Crippen LogP contribution in [-0.4, -0.2) is 60.9 Å². The first-order valence-electron chi connectivity index (χ1n) is 6.87. The molecule has 19 heavy (non-hydrogen) atoms. The van der Waals surface area contributed by atoms with Gasteiger partial charge < -0.3 is 19.5 Å². The third kappa shape index (κ3) is 2.60. The molecule has 1 amide bonds. The van der Waals surface area contributed by atoms with Gasteiger partial charge >= 0.3 is 5.97 Å². The second kappa shape index (κ2) is 5.09. The van der Waals surface area contributed by atoms with Crippen LogP contribution in [-0.2, 0) is 19.1 Å². The Kier molecular flexibility index (Phi) is 3.45. The van der Waals surface area contributed by atoms with Crippen molar-refractivity contribution in [3.05, 3.63) is 0 Å². The predicted octanol–water partition coefficient (Wildman–Crippen LogP) is -0.0290. The molecule has 3 fully saturated rings. The number of carbonyl (C=O) groups is 2. The zero-order valence-corrected chi connectivity index (χ0v) is 10.8. The lowest BCUT2D eigenvalue weighted by molar-refractivity contribution is -0.157. The molecule has 106 valence electrons. The summed E-state index contributed by atoms with van der Waals surface area (Å²) in [6, 6.07) is 0. The maximum absolute atomic E-state index is 12.3. The molecule has 0 aromatic rings. The van der Waals surface area contributed by atoms with Gasteiger partial charge in [-0.05, 0) is 24.7 Å². The Bertz CT molecular complexity index is 375. The lowest BCUT2D eigenvalue weighted by Crippen LogP contribution is -2.44. The Morgan fingerprint density at radius 3 is 2.53 bits per heavy atom. The zero-order valence-electron chi connectivity index (χ0n) is 10.8. The van der Waals surface area contributed by atoms with E-state index in [1.807, 2.05) is 0 Å². The molecule has 0 aromatic heterocycles. The number of aliphatic carboxylic acids is 1. The number of carboxylic acids is 1. The second-order valence-corrected chi connectivity index (χ2v) is 5.62. The molecular weight excluding hydrogens is 250 g/mol. The van der Waals surface area contributed by atoms with Gasteiger partial charge in [-0.3, -0.25) is 9.59 Å². The number of amides is 1. The number of ether oxygens (including phenoxy) is 2. The Hall–Kier alpha value is -1.14. The van der Waals surface area contributed by atoms with E-state index in [0.717, 1.165) is 12.8 Å². The normalized spacial score (nSPS) is 35.4. The highest BCUT2D eigenvalue weighted by atomic mass is 16.6. The van der Waals surface area contributed by atoms with Crippen LogP contribution in [0.5, 0.6) is 0 Å². The summed E-state index contributed by atoms with van der Waals surface area (Å²) in [5.41, 5.74) is 0. The van der Waals surface area contributed by atoms with Gasteiger partial charge in [-0.1, -0.05) is 0 Å². The molecular formula is C13H19NO5. The Balaban J connectivity index is 1.65. The largest absolute Gasteiger partial charge is 0.481 e. The second-order valence-electron chi connectivity index (χ2n) is 5.62. The number of likely N-dealkylation sites (tertiary alicyclic amines) is 1. The Morgan fingerprint density at radius 2 is 1.95 bits per heavy atom. The molecule has 1 saturated carbocycles. The molecule has 0 radical (unpaired) electrons. The van der Waals surface area contributed by atoms with Crippen LogP contribution in [0, 0.1) is 17.8 Å². The fraction of sp³-hybridized carbons (Fsp3) is 0.846. The molecule has 3 aliphatic rings. The molecule has 1 unspecified atom stereocenters. The van der Waals surface area contributed by atoms with Crippen LogP contribution in [0.15, 0.2) is 0 Å². The lowest BCUT2D eigenvalue weighted by atomic mass is 9.92. The minimum Gasteiger partial charge on any atom is -0.481 e. The van der Waals surface area contributed by atoms with Crippen LogP contribution in [0.3, 0.4) is 0 Å². The summed E-state index contributed by atoms with van der Waals surface area (Å²) >= 11 is 0. The van der Waals surface area contributed by atoms with E-state index in [-0.39, 0.29) is 18.4 Å². The molecule has 0 aromatic carbocycles. The number of carbonyl (C=O) groups excluding carboxylic acids is 1. The van der Waals surface area contributed by atoms with Gasteiger partial charge in [-0.15, -0.1) is 0 Å². The van der Waals surface area contributed by atoms with Crippen molar-refractivity contribution in [2.45, 2.75) is 18.9 Å². The summed E-state index contributed by atoms with van der Waals surface area (Å²) in [6.07, 6.45) is 1.64. The van der Waals surface area contributed by atoms with Crippen LogP contribution >= 0.6 is 0 Å². The summed E-state index contributed by atoms with van der Waals surface area (Å²) < 4.78 is 10.6. The van der Waals surface area contributed by atoms with Gasteiger partial charge in [-0.25, -0.2) is 0 Å². The highest BCUT2D eigenvalue weighted by Crippen LogP contribution is 2.44. The van der Waals surface area contributed by atoms with Crippen molar-refractivity contribution in [3.8, 4) is 0 Å². The summed E-state index contributed by atoms with van der Waals surface area (Å²) in [7, 11) is 0. The molecule has 2 saturated heterocycles. The average Bonchev–Trinajstić information content (AvgIpc) is 3.17. The van der Waals surface area contributed by atoms with Gasteiger partial charge in [0.2, 0.25) is 0 Å². The Labute approximate surface area is 111 Å². The zero-order chi connectivity index (χ0) is 13.4. The van der Waals surface area contributed by atoms with Crippen LogP contribution in [0.25, 0.3) is 0 Å². The van der Waals surface area contributed by atoms with E-state index in [4.69, 9.17) is 9.47 Å². The van der Waals surface area contributed by atoms with Crippen molar-refractivity contribution in [1.29, 1.82) is 0 Å². The number of carboxylic acid groups (broad SMARTS) is 1. The van der Waals surface area contributed by atoms with E-state index in [1.54, 1.807) is 4.90 Å². The fourth-order valence-corrected chi connectivity index (χ4v) is 3.11. The maximum Gasteiger partial charge on any atom is 0.308 e. The van der Waals surface area contributed by atoms with E-state index in [2.05, 4.69) is 0 Å². The fourth-order valence-electron chi connectivity index (χ4n) is 3.11. The molecule has 6 heteroatoms. The quantitative estimate of drug-likeness (QED) is 0.778. The van der Waals surface area contributed by atoms with Gasteiger partial charge in [-0.2, -0.15) is 0 Å². The first-order valence-corrected chi connectivity index (χ1v) is 6.87. The Morgan fingerprint density at radius 1 is 1.16 bits per heavy atom. The number of hydrogen-bond acceptors (Lipinski definition) is 4. The van der Waals surface area contributed by atoms with Crippen molar-refractivity contribution >= 4 is 11.9 Å². The number of nitrogens with zero attached hydrogens (tertiary/aromatic N) is 1. The van der Waals surface area contributed by atoms with Crippen molar-refractivity contribution in [1.82, 2.24) is 4.90 Å². The van der Waals surface area contributed by atoms with E-state index in [9.17, 15) is 14.7 Å². The smallest absolute Gasteiger partial charge is 0.308 e. The summed E-state index contributed by atoms with van der Waals surface area (Å²) in [4.78, 5) is 25.2. The molecule has 3 rings (SSSR count). The first kappa shape index (κ1) is 12.9. The van der Waals surface area contributed by atoms with Gasteiger partial charge in [0.05, 0.1) is 25.7 Å². The highest BCUT2D eigenvalue weighted by Gasteiger charge is 2.47. The topological polar surface area (TPSA) is 76.1 Å². The van der Waals surface area contributed by atoms with Gasteiger partial charge in [0.1, 0.15) is 0 Å². The van der Waals surface area contributed by atoms with Gasteiger partial charge in [0, 0.05) is 13.1 Å².